The van der Waals surface area contributed by atoms with Crippen LogP contribution in [0.5, 0.6) is 0 Å². The third kappa shape index (κ3) is 2.61. The molecule has 0 amide bonds. The molecule has 2 atom stereocenters. The first-order valence-corrected chi connectivity index (χ1v) is 9.25. The molecule has 21 heavy (non-hydrogen) atoms. The largest absolute Gasteiger partial charge is 0.477 e. The fourth-order valence-corrected chi connectivity index (χ4v) is 5.80. The lowest BCUT2D eigenvalue weighted by atomic mass is 10.1. The van der Waals surface area contributed by atoms with Gasteiger partial charge in [-0.2, -0.15) is 4.31 Å². The molecule has 3 rings (SSSR count). The van der Waals surface area contributed by atoms with Gasteiger partial charge in [0.25, 0.3) is 0 Å². The highest BCUT2D eigenvalue weighted by molar-refractivity contribution is 7.89. The summed E-state index contributed by atoms with van der Waals surface area (Å²) in [5, 5.41) is 10.4. The van der Waals surface area contributed by atoms with Crippen molar-refractivity contribution in [1.82, 2.24) is 9.21 Å². The van der Waals surface area contributed by atoms with Crippen molar-refractivity contribution in [2.45, 2.75) is 36.2 Å². The summed E-state index contributed by atoms with van der Waals surface area (Å²) in [7, 11) is -1.53. The summed E-state index contributed by atoms with van der Waals surface area (Å²) in [6.07, 6.45) is 3.00. The van der Waals surface area contributed by atoms with E-state index in [1.165, 1.54) is 15.8 Å². The lowest BCUT2D eigenvalue weighted by molar-refractivity contribution is 0.0702. The van der Waals surface area contributed by atoms with Crippen LogP contribution >= 0.6 is 11.3 Å². The van der Waals surface area contributed by atoms with E-state index < -0.39 is 16.0 Å². The molecule has 3 heterocycles. The zero-order valence-electron chi connectivity index (χ0n) is 11.7. The minimum absolute atomic E-state index is 0.0574. The Bertz CT molecular complexity index is 655. The van der Waals surface area contributed by atoms with Crippen molar-refractivity contribution in [2.75, 3.05) is 20.1 Å². The van der Waals surface area contributed by atoms with Crippen molar-refractivity contribution in [3.63, 3.8) is 0 Å². The van der Waals surface area contributed by atoms with Crippen LogP contribution in [0.3, 0.4) is 0 Å². The van der Waals surface area contributed by atoms with Crippen LogP contribution in [0.4, 0.5) is 0 Å². The third-order valence-electron chi connectivity index (χ3n) is 4.54. The number of fused-ring (bicyclic) bond motifs is 2. The summed E-state index contributed by atoms with van der Waals surface area (Å²) in [6, 6.07) is 1.99. The van der Waals surface area contributed by atoms with Gasteiger partial charge in [-0.25, -0.2) is 13.2 Å². The molecule has 116 valence electrons. The Morgan fingerprint density at radius 3 is 2.71 bits per heavy atom. The lowest BCUT2D eigenvalue weighted by Gasteiger charge is -2.24. The zero-order valence-corrected chi connectivity index (χ0v) is 13.4. The molecule has 0 aliphatic carbocycles. The summed E-state index contributed by atoms with van der Waals surface area (Å²) in [4.78, 5) is 13.4. The number of nitrogens with zero attached hydrogens (tertiary/aromatic N) is 2. The first kappa shape index (κ1) is 15.0. The van der Waals surface area contributed by atoms with Crippen molar-refractivity contribution in [2.24, 2.45) is 0 Å². The second-order valence-corrected chi connectivity index (χ2v) is 8.50. The quantitative estimate of drug-likeness (QED) is 0.904. The van der Waals surface area contributed by atoms with Crippen LogP contribution in [0.15, 0.2) is 16.3 Å². The Kier molecular flexibility index (Phi) is 3.81. The van der Waals surface area contributed by atoms with E-state index in [-0.39, 0.29) is 15.8 Å². The van der Waals surface area contributed by atoms with E-state index in [1.807, 2.05) is 0 Å². The maximum absolute atomic E-state index is 12.7. The molecule has 1 aromatic heterocycles. The van der Waals surface area contributed by atoms with Crippen LogP contribution in [0, 0.1) is 0 Å². The predicted octanol–water partition coefficient (Wildman–Crippen LogP) is 1.30. The maximum Gasteiger partial charge on any atom is 0.345 e. The van der Waals surface area contributed by atoms with Crippen molar-refractivity contribution in [3.05, 3.63) is 16.3 Å². The van der Waals surface area contributed by atoms with Gasteiger partial charge < -0.3 is 5.11 Å². The van der Waals surface area contributed by atoms with Gasteiger partial charge >= 0.3 is 5.97 Å². The standard InChI is InChI=1S/C13H18N2O4S2/c1-14-9-2-3-10(14)7-15(5-4-9)21(18,19)11-6-12(13(16)17)20-8-11/h6,8-10H,2-5,7H2,1H3,(H,16,17). The van der Waals surface area contributed by atoms with E-state index in [9.17, 15) is 13.2 Å². The number of sulfonamides is 1. The number of hydrogen-bond donors (Lipinski definition) is 1. The van der Waals surface area contributed by atoms with Gasteiger partial charge in [0, 0.05) is 30.6 Å². The molecule has 2 saturated heterocycles. The summed E-state index contributed by atoms with van der Waals surface area (Å²) >= 11 is 0.954. The van der Waals surface area contributed by atoms with Crippen LogP contribution in [0.1, 0.15) is 28.9 Å². The highest BCUT2D eigenvalue weighted by atomic mass is 32.2. The van der Waals surface area contributed by atoms with E-state index in [0.29, 0.717) is 19.1 Å². The van der Waals surface area contributed by atoms with Crippen molar-refractivity contribution >= 4 is 27.3 Å². The van der Waals surface area contributed by atoms with Crippen LogP contribution < -0.4 is 0 Å². The van der Waals surface area contributed by atoms with Gasteiger partial charge in [0.15, 0.2) is 0 Å². The van der Waals surface area contributed by atoms with Crippen LogP contribution in [0.25, 0.3) is 0 Å². The second-order valence-electron chi connectivity index (χ2n) is 5.65. The minimum Gasteiger partial charge on any atom is -0.477 e. The van der Waals surface area contributed by atoms with E-state index in [4.69, 9.17) is 5.11 Å². The first-order valence-electron chi connectivity index (χ1n) is 6.93. The van der Waals surface area contributed by atoms with Crippen molar-refractivity contribution < 1.29 is 18.3 Å². The molecule has 2 unspecified atom stereocenters. The Balaban J connectivity index is 1.86. The van der Waals surface area contributed by atoms with Gasteiger partial charge in [-0.15, -0.1) is 11.3 Å². The molecule has 1 N–H and O–H groups in total. The molecule has 8 heteroatoms. The van der Waals surface area contributed by atoms with Gasteiger partial charge in [0.2, 0.25) is 10.0 Å². The molecule has 0 saturated carbocycles. The molecule has 2 fully saturated rings. The third-order valence-corrected chi connectivity index (χ3v) is 7.45. The van der Waals surface area contributed by atoms with Crippen molar-refractivity contribution in [1.29, 1.82) is 0 Å². The molecule has 1 aromatic rings. The zero-order chi connectivity index (χ0) is 15.2. The molecule has 2 aliphatic heterocycles. The van der Waals surface area contributed by atoms with E-state index in [0.717, 1.165) is 30.6 Å². The molecular formula is C13H18N2O4S2. The number of likely N-dealkylation sites (N-methyl/N-ethyl adjacent to an activating group) is 1. The van der Waals surface area contributed by atoms with Crippen LogP contribution in [-0.4, -0.2) is 60.9 Å². The molecular weight excluding hydrogens is 312 g/mol. The monoisotopic (exact) mass is 330 g/mol. The van der Waals surface area contributed by atoms with E-state index in [1.54, 1.807) is 0 Å². The van der Waals surface area contributed by atoms with Gasteiger partial charge in [-0.05, 0) is 32.4 Å². The number of rotatable bonds is 3. The molecule has 2 bridgehead atoms. The molecule has 2 aliphatic rings. The van der Waals surface area contributed by atoms with Gasteiger partial charge in [0.1, 0.15) is 4.88 Å². The average molecular weight is 330 g/mol. The number of aromatic carboxylic acids is 1. The molecule has 0 aromatic carbocycles. The smallest absolute Gasteiger partial charge is 0.345 e. The van der Waals surface area contributed by atoms with Crippen LogP contribution in [-0.2, 0) is 10.0 Å². The highest BCUT2D eigenvalue weighted by Crippen LogP contribution is 2.31. The number of carboxylic acids is 1. The lowest BCUT2D eigenvalue weighted by Crippen LogP contribution is -2.39. The summed E-state index contributed by atoms with van der Waals surface area (Å²) < 4.78 is 26.9. The molecule has 0 radical (unpaired) electrons. The fraction of sp³-hybridized carbons (Fsp3) is 0.615. The fourth-order valence-electron chi connectivity index (χ4n) is 3.21. The Morgan fingerprint density at radius 2 is 2.05 bits per heavy atom. The summed E-state index contributed by atoms with van der Waals surface area (Å²) in [6.45, 7) is 1.000. The van der Waals surface area contributed by atoms with Gasteiger partial charge in [-0.3, -0.25) is 4.90 Å². The highest BCUT2D eigenvalue weighted by Gasteiger charge is 2.38. The normalized spacial score (nSPS) is 27.7. The Morgan fingerprint density at radius 1 is 1.33 bits per heavy atom. The number of thiophene rings is 1. The van der Waals surface area contributed by atoms with Crippen molar-refractivity contribution in [3.8, 4) is 0 Å². The average Bonchev–Trinajstić information content (AvgIpc) is 2.96. The minimum atomic E-state index is -3.59. The van der Waals surface area contributed by atoms with Crippen LogP contribution in [0.2, 0.25) is 0 Å². The Labute approximate surface area is 128 Å². The maximum atomic E-state index is 12.7. The van der Waals surface area contributed by atoms with E-state index >= 15 is 0 Å². The van der Waals surface area contributed by atoms with Gasteiger partial charge in [-0.1, -0.05) is 0 Å². The van der Waals surface area contributed by atoms with E-state index in [2.05, 4.69) is 11.9 Å². The molecule has 6 nitrogen and oxygen atoms in total. The topological polar surface area (TPSA) is 77.9 Å². The molecule has 0 spiro atoms. The summed E-state index contributed by atoms with van der Waals surface area (Å²) in [5.41, 5.74) is 0. The number of carbonyl (C=O) groups is 1. The first-order chi connectivity index (χ1) is 9.89. The Hall–Kier alpha value is -0.960. The second kappa shape index (κ2) is 5.35. The number of hydrogen-bond acceptors (Lipinski definition) is 5. The SMILES string of the molecule is CN1C2CCC1CN(S(=O)(=O)c1csc(C(=O)O)c1)CC2. The summed E-state index contributed by atoms with van der Waals surface area (Å²) in [5.74, 6) is -1.09. The predicted molar refractivity (Wildman–Crippen MR) is 79.2 cm³/mol. The van der Waals surface area contributed by atoms with Gasteiger partial charge in [0.05, 0.1) is 4.90 Å². The number of carboxylic acid groups (broad SMARTS) is 1.